The maximum atomic E-state index is 12.9. The lowest BCUT2D eigenvalue weighted by atomic mass is 9.83. The summed E-state index contributed by atoms with van der Waals surface area (Å²) in [5.74, 6) is 2.34. The lowest BCUT2D eigenvalue weighted by molar-refractivity contribution is -0.133. The minimum atomic E-state index is 0.0179. The van der Waals surface area contributed by atoms with Crippen molar-refractivity contribution < 1.29 is 4.79 Å². The van der Waals surface area contributed by atoms with E-state index in [4.69, 9.17) is 0 Å². The summed E-state index contributed by atoms with van der Waals surface area (Å²) < 4.78 is 1.90. The summed E-state index contributed by atoms with van der Waals surface area (Å²) in [4.78, 5) is 34.6. The molecule has 0 saturated carbocycles. The SMILES string of the molecule is CSCCC(=O)N1C[C@@H]2C[C@H](C1)c1ccc(-c3ncc[nH]3)c(=O)n1C2. The standard InChI is InChI=1S/C18H22N4O2S/c1-25-7-4-16(23)21-9-12-8-13(11-21)15-3-2-14(17-19-5-6-20-17)18(24)22(15)10-12/h2-3,5-6,12-13H,4,7-11H2,1H3,(H,19,20)/t12-,13+/m0/s1. The van der Waals surface area contributed by atoms with Crippen LogP contribution in [-0.4, -0.2) is 50.4 Å². The second-order valence-electron chi connectivity index (χ2n) is 6.87. The van der Waals surface area contributed by atoms with Crippen LogP contribution in [0.15, 0.2) is 29.3 Å². The van der Waals surface area contributed by atoms with Crippen molar-refractivity contribution >= 4 is 17.7 Å². The van der Waals surface area contributed by atoms with Crippen molar-refractivity contribution in [3.8, 4) is 11.4 Å². The zero-order valence-electron chi connectivity index (χ0n) is 14.3. The van der Waals surface area contributed by atoms with Gasteiger partial charge in [0, 0.05) is 55.8 Å². The minimum absolute atomic E-state index is 0.0179. The zero-order valence-corrected chi connectivity index (χ0v) is 15.1. The number of aromatic amines is 1. The summed E-state index contributed by atoms with van der Waals surface area (Å²) in [5.41, 5.74) is 1.69. The number of aromatic nitrogens is 3. The summed E-state index contributed by atoms with van der Waals surface area (Å²) in [6.45, 7) is 2.18. The smallest absolute Gasteiger partial charge is 0.261 e. The van der Waals surface area contributed by atoms with Crippen molar-refractivity contribution in [2.75, 3.05) is 25.1 Å². The Bertz CT molecular complexity index is 830. The van der Waals surface area contributed by atoms with E-state index >= 15 is 0 Å². The number of H-pyrrole nitrogens is 1. The molecule has 2 aromatic heterocycles. The molecule has 2 atom stereocenters. The Kier molecular flexibility index (Phi) is 4.41. The van der Waals surface area contributed by atoms with E-state index in [-0.39, 0.29) is 17.4 Å². The van der Waals surface area contributed by atoms with Crippen LogP contribution in [0.3, 0.4) is 0 Å². The second kappa shape index (κ2) is 6.71. The molecule has 2 aliphatic heterocycles. The number of thioether (sulfide) groups is 1. The largest absolute Gasteiger partial charge is 0.344 e. The first-order valence-corrected chi connectivity index (χ1v) is 10.1. The molecule has 1 saturated heterocycles. The van der Waals surface area contributed by atoms with Gasteiger partial charge in [0.05, 0.1) is 5.56 Å². The number of nitrogens with one attached hydrogen (secondary N) is 1. The van der Waals surface area contributed by atoms with Gasteiger partial charge in [0.25, 0.3) is 5.56 Å². The fourth-order valence-corrected chi connectivity index (χ4v) is 4.47. The van der Waals surface area contributed by atoms with Crippen molar-refractivity contribution in [1.29, 1.82) is 0 Å². The molecule has 4 rings (SSSR count). The average Bonchev–Trinajstić information content (AvgIpc) is 3.14. The topological polar surface area (TPSA) is 71.0 Å². The number of imidazole rings is 1. The van der Waals surface area contributed by atoms with Gasteiger partial charge < -0.3 is 14.5 Å². The molecule has 6 nitrogen and oxygen atoms in total. The van der Waals surface area contributed by atoms with Crippen molar-refractivity contribution in [2.45, 2.75) is 25.3 Å². The Labute approximate surface area is 150 Å². The fraction of sp³-hybridized carbons (Fsp3) is 0.500. The molecule has 0 spiro atoms. The number of pyridine rings is 1. The Morgan fingerprint density at radius 2 is 2.24 bits per heavy atom. The molecule has 2 bridgehead atoms. The lowest BCUT2D eigenvalue weighted by Crippen LogP contribution is -2.49. The van der Waals surface area contributed by atoms with Gasteiger partial charge in [-0.05, 0) is 30.7 Å². The number of carbonyl (C=O) groups excluding carboxylic acids is 1. The number of carbonyl (C=O) groups is 1. The zero-order chi connectivity index (χ0) is 17.4. The predicted octanol–water partition coefficient (Wildman–Crippen LogP) is 1.94. The van der Waals surface area contributed by atoms with Crippen LogP contribution in [0.4, 0.5) is 0 Å². The van der Waals surface area contributed by atoms with Crippen molar-refractivity contribution in [3.05, 3.63) is 40.6 Å². The Hall–Kier alpha value is -2.02. The summed E-state index contributed by atoms with van der Waals surface area (Å²) in [6, 6.07) is 3.90. The molecule has 4 heterocycles. The highest BCUT2D eigenvalue weighted by molar-refractivity contribution is 7.98. The summed E-state index contributed by atoms with van der Waals surface area (Å²) in [7, 11) is 0. The molecule has 0 radical (unpaired) electrons. The van der Waals surface area contributed by atoms with Crippen LogP contribution >= 0.6 is 11.8 Å². The third-order valence-corrected chi connectivity index (χ3v) is 5.84. The molecule has 1 amide bonds. The first kappa shape index (κ1) is 16.4. The van der Waals surface area contributed by atoms with E-state index in [1.54, 1.807) is 24.2 Å². The molecular weight excluding hydrogens is 336 g/mol. The molecule has 0 aliphatic carbocycles. The summed E-state index contributed by atoms with van der Waals surface area (Å²) in [5, 5.41) is 0. The first-order chi connectivity index (χ1) is 12.2. The molecule has 1 N–H and O–H groups in total. The van der Waals surface area contributed by atoms with Crippen LogP contribution in [0, 0.1) is 5.92 Å². The Morgan fingerprint density at radius 3 is 3.00 bits per heavy atom. The highest BCUT2D eigenvalue weighted by Crippen LogP contribution is 2.35. The van der Waals surface area contributed by atoms with Gasteiger partial charge in [-0.25, -0.2) is 4.98 Å². The molecule has 0 unspecified atom stereocenters. The van der Waals surface area contributed by atoms with Gasteiger partial charge in [0.15, 0.2) is 0 Å². The minimum Gasteiger partial charge on any atom is -0.344 e. The molecule has 132 valence electrons. The number of hydrogen-bond acceptors (Lipinski definition) is 4. The average molecular weight is 358 g/mol. The van der Waals surface area contributed by atoms with Gasteiger partial charge in [-0.3, -0.25) is 9.59 Å². The van der Waals surface area contributed by atoms with Crippen LogP contribution in [0.1, 0.15) is 24.5 Å². The van der Waals surface area contributed by atoms with Gasteiger partial charge in [-0.15, -0.1) is 0 Å². The number of hydrogen-bond donors (Lipinski definition) is 1. The van der Waals surface area contributed by atoms with Crippen molar-refractivity contribution in [3.63, 3.8) is 0 Å². The van der Waals surface area contributed by atoms with E-state index in [1.165, 1.54) is 0 Å². The maximum Gasteiger partial charge on any atom is 0.261 e. The summed E-state index contributed by atoms with van der Waals surface area (Å²) in [6.07, 6.45) is 7.07. The van der Waals surface area contributed by atoms with E-state index in [2.05, 4.69) is 9.97 Å². The van der Waals surface area contributed by atoms with Gasteiger partial charge in [-0.1, -0.05) is 0 Å². The molecular formula is C18H22N4O2S. The number of piperidine rings is 1. The first-order valence-electron chi connectivity index (χ1n) is 8.67. The quantitative estimate of drug-likeness (QED) is 0.907. The number of rotatable bonds is 4. The van der Waals surface area contributed by atoms with Crippen LogP contribution in [-0.2, 0) is 11.3 Å². The van der Waals surface area contributed by atoms with E-state index < -0.39 is 0 Å². The number of likely N-dealkylation sites (tertiary alicyclic amines) is 1. The maximum absolute atomic E-state index is 12.9. The van der Waals surface area contributed by atoms with Crippen LogP contribution < -0.4 is 5.56 Å². The van der Waals surface area contributed by atoms with Crippen molar-refractivity contribution in [1.82, 2.24) is 19.4 Å². The van der Waals surface area contributed by atoms with E-state index in [1.807, 2.05) is 27.9 Å². The van der Waals surface area contributed by atoms with Crippen molar-refractivity contribution in [2.24, 2.45) is 5.92 Å². The normalized spacial score (nSPS) is 21.9. The third kappa shape index (κ3) is 3.01. The van der Waals surface area contributed by atoms with Crippen LogP contribution in [0.5, 0.6) is 0 Å². The van der Waals surface area contributed by atoms with Gasteiger partial charge in [-0.2, -0.15) is 11.8 Å². The Morgan fingerprint density at radius 1 is 1.36 bits per heavy atom. The highest BCUT2D eigenvalue weighted by Gasteiger charge is 2.36. The van der Waals surface area contributed by atoms with E-state index in [0.717, 1.165) is 31.0 Å². The molecule has 1 fully saturated rings. The third-order valence-electron chi connectivity index (χ3n) is 5.23. The number of fused-ring (bicyclic) bond motifs is 4. The fourth-order valence-electron chi connectivity index (χ4n) is 4.09. The number of amides is 1. The molecule has 2 aliphatic rings. The Balaban J connectivity index is 1.62. The van der Waals surface area contributed by atoms with Gasteiger partial charge in [0.1, 0.15) is 5.82 Å². The molecule has 2 aromatic rings. The highest BCUT2D eigenvalue weighted by atomic mass is 32.2. The van der Waals surface area contributed by atoms with Gasteiger partial charge >= 0.3 is 0 Å². The monoisotopic (exact) mass is 358 g/mol. The molecule has 0 aromatic carbocycles. The van der Waals surface area contributed by atoms with E-state index in [9.17, 15) is 9.59 Å². The van der Waals surface area contributed by atoms with Crippen LogP contribution in [0.25, 0.3) is 11.4 Å². The summed E-state index contributed by atoms with van der Waals surface area (Å²) >= 11 is 1.70. The van der Waals surface area contributed by atoms with E-state index in [0.29, 0.717) is 30.3 Å². The van der Waals surface area contributed by atoms with Gasteiger partial charge in [0.2, 0.25) is 5.91 Å². The lowest BCUT2D eigenvalue weighted by Gasteiger charge is -2.43. The molecule has 25 heavy (non-hydrogen) atoms. The second-order valence-corrected chi connectivity index (χ2v) is 7.85. The molecule has 7 heteroatoms. The van der Waals surface area contributed by atoms with Crippen LogP contribution in [0.2, 0.25) is 0 Å². The number of nitrogens with zero attached hydrogens (tertiary/aromatic N) is 3. The predicted molar refractivity (Wildman–Crippen MR) is 98.7 cm³/mol.